The van der Waals surface area contributed by atoms with Crippen LogP contribution in [-0.4, -0.2) is 19.5 Å². The van der Waals surface area contributed by atoms with Gasteiger partial charge in [0.15, 0.2) is 11.5 Å². The lowest BCUT2D eigenvalue weighted by Crippen LogP contribution is -1.97. The zero-order chi connectivity index (χ0) is 15.1. The van der Waals surface area contributed by atoms with Crippen LogP contribution < -0.4 is 0 Å². The number of hydrogen-bond acceptors (Lipinski definition) is 4. The SMILES string of the molecule is Cc1c(-c2nc3cccc(Cl)n3n2)cc(F)cc1[N+](=O)[O-]. The van der Waals surface area contributed by atoms with Gasteiger partial charge in [0.1, 0.15) is 11.0 Å². The molecular formula is C13H8ClFN4O2. The fraction of sp³-hybridized carbons (Fsp3) is 0.0769. The molecule has 0 unspecified atom stereocenters. The average Bonchev–Trinajstić information content (AvgIpc) is 2.86. The monoisotopic (exact) mass is 306 g/mol. The van der Waals surface area contributed by atoms with Crippen LogP contribution in [0.4, 0.5) is 10.1 Å². The van der Waals surface area contributed by atoms with E-state index in [-0.39, 0.29) is 17.1 Å². The Balaban J connectivity index is 2.27. The van der Waals surface area contributed by atoms with Crippen molar-refractivity contribution < 1.29 is 9.31 Å². The lowest BCUT2D eigenvalue weighted by molar-refractivity contribution is -0.385. The molecule has 0 saturated heterocycles. The highest BCUT2D eigenvalue weighted by molar-refractivity contribution is 6.29. The van der Waals surface area contributed by atoms with Gasteiger partial charge in [0.25, 0.3) is 5.69 Å². The molecule has 2 aromatic heterocycles. The van der Waals surface area contributed by atoms with E-state index in [9.17, 15) is 14.5 Å². The smallest absolute Gasteiger partial charge is 0.258 e. The van der Waals surface area contributed by atoms with Crippen LogP contribution in [0, 0.1) is 22.9 Å². The minimum absolute atomic E-state index is 0.184. The van der Waals surface area contributed by atoms with E-state index in [1.165, 1.54) is 17.5 Å². The van der Waals surface area contributed by atoms with Crippen molar-refractivity contribution in [2.24, 2.45) is 0 Å². The standard InChI is InChI=1S/C13H8ClFN4O2/c1-7-9(5-8(15)6-10(7)19(20)21)13-16-12-4-2-3-11(14)18(12)17-13/h2-6H,1H3. The summed E-state index contributed by atoms with van der Waals surface area (Å²) in [7, 11) is 0. The average molecular weight is 307 g/mol. The Kier molecular flexibility index (Phi) is 3.06. The van der Waals surface area contributed by atoms with Gasteiger partial charge in [-0.05, 0) is 25.1 Å². The van der Waals surface area contributed by atoms with E-state index in [0.29, 0.717) is 16.4 Å². The fourth-order valence-corrected chi connectivity index (χ4v) is 2.27. The van der Waals surface area contributed by atoms with E-state index >= 15 is 0 Å². The molecule has 0 amide bonds. The summed E-state index contributed by atoms with van der Waals surface area (Å²) in [5, 5.41) is 15.5. The maximum absolute atomic E-state index is 13.6. The van der Waals surface area contributed by atoms with Crippen LogP contribution in [-0.2, 0) is 0 Å². The number of rotatable bonds is 2. The maximum Gasteiger partial charge on any atom is 0.275 e. The van der Waals surface area contributed by atoms with Gasteiger partial charge >= 0.3 is 0 Å². The van der Waals surface area contributed by atoms with Crippen LogP contribution in [0.3, 0.4) is 0 Å². The van der Waals surface area contributed by atoms with E-state index in [0.717, 1.165) is 6.07 Å². The third-order valence-electron chi connectivity index (χ3n) is 3.10. The summed E-state index contributed by atoms with van der Waals surface area (Å²) in [5.41, 5.74) is 0.730. The third kappa shape index (κ3) is 2.21. The number of hydrogen-bond donors (Lipinski definition) is 0. The molecule has 0 N–H and O–H groups in total. The highest BCUT2D eigenvalue weighted by Gasteiger charge is 2.20. The molecule has 0 fully saturated rings. The topological polar surface area (TPSA) is 73.3 Å². The van der Waals surface area contributed by atoms with Gasteiger partial charge in [0, 0.05) is 11.1 Å². The summed E-state index contributed by atoms with van der Waals surface area (Å²) in [6, 6.07) is 7.07. The zero-order valence-corrected chi connectivity index (χ0v) is 11.5. The summed E-state index contributed by atoms with van der Waals surface area (Å²) < 4.78 is 15.0. The Labute approximate surface area is 123 Å². The number of pyridine rings is 1. The van der Waals surface area contributed by atoms with Gasteiger partial charge in [0.05, 0.1) is 11.0 Å². The number of nitrogens with zero attached hydrogens (tertiary/aromatic N) is 4. The first-order valence-corrected chi connectivity index (χ1v) is 6.31. The molecule has 6 nitrogen and oxygen atoms in total. The summed E-state index contributed by atoms with van der Waals surface area (Å²) >= 11 is 5.99. The highest BCUT2D eigenvalue weighted by atomic mass is 35.5. The molecule has 0 aliphatic heterocycles. The fourth-order valence-electron chi connectivity index (χ4n) is 2.07. The second-order valence-electron chi connectivity index (χ2n) is 4.41. The Bertz CT molecular complexity index is 878. The summed E-state index contributed by atoms with van der Waals surface area (Å²) in [6.45, 7) is 1.53. The van der Waals surface area contributed by atoms with Crippen LogP contribution in [0.2, 0.25) is 5.15 Å². The van der Waals surface area contributed by atoms with E-state index in [1.807, 2.05) is 0 Å². The molecule has 0 radical (unpaired) electrons. The first-order chi connectivity index (χ1) is 9.97. The minimum atomic E-state index is -0.716. The molecule has 0 atom stereocenters. The molecule has 106 valence electrons. The van der Waals surface area contributed by atoms with Crippen molar-refractivity contribution in [3.05, 3.63) is 57.0 Å². The summed E-state index contributed by atoms with van der Waals surface area (Å²) in [4.78, 5) is 14.5. The maximum atomic E-state index is 13.6. The van der Waals surface area contributed by atoms with Crippen LogP contribution in [0.5, 0.6) is 0 Å². The second-order valence-corrected chi connectivity index (χ2v) is 4.80. The van der Waals surface area contributed by atoms with Crippen LogP contribution in [0.1, 0.15) is 5.56 Å². The Morgan fingerprint density at radius 1 is 1.38 bits per heavy atom. The molecule has 0 bridgehead atoms. The van der Waals surface area contributed by atoms with Crippen LogP contribution >= 0.6 is 11.6 Å². The van der Waals surface area contributed by atoms with Crippen molar-refractivity contribution in [1.29, 1.82) is 0 Å². The van der Waals surface area contributed by atoms with Crippen LogP contribution in [0.15, 0.2) is 30.3 Å². The largest absolute Gasteiger partial charge is 0.275 e. The lowest BCUT2D eigenvalue weighted by Gasteiger charge is -2.03. The van der Waals surface area contributed by atoms with Gasteiger partial charge in [0.2, 0.25) is 0 Å². The van der Waals surface area contributed by atoms with Gasteiger partial charge in [-0.15, -0.1) is 5.10 Å². The van der Waals surface area contributed by atoms with Gasteiger partial charge in [-0.2, -0.15) is 0 Å². The molecule has 0 saturated carbocycles. The van der Waals surface area contributed by atoms with Gasteiger partial charge < -0.3 is 0 Å². The molecule has 1 aromatic carbocycles. The molecule has 3 rings (SSSR count). The predicted molar refractivity (Wildman–Crippen MR) is 74.8 cm³/mol. The van der Waals surface area contributed by atoms with E-state index in [2.05, 4.69) is 10.1 Å². The summed E-state index contributed by atoms with van der Waals surface area (Å²) in [6.07, 6.45) is 0. The Morgan fingerprint density at radius 3 is 2.81 bits per heavy atom. The Hall–Kier alpha value is -2.54. The minimum Gasteiger partial charge on any atom is -0.258 e. The lowest BCUT2D eigenvalue weighted by atomic mass is 10.1. The number of nitro groups is 1. The molecule has 0 aliphatic carbocycles. The van der Waals surface area contributed by atoms with Crippen LogP contribution in [0.25, 0.3) is 17.0 Å². The highest BCUT2D eigenvalue weighted by Crippen LogP contribution is 2.30. The third-order valence-corrected chi connectivity index (χ3v) is 3.38. The normalized spacial score (nSPS) is 11.0. The molecule has 21 heavy (non-hydrogen) atoms. The summed E-state index contributed by atoms with van der Waals surface area (Å²) in [5.74, 6) is -0.532. The molecular weight excluding hydrogens is 299 g/mol. The van der Waals surface area contributed by atoms with Crippen molar-refractivity contribution in [1.82, 2.24) is 14.6 Å². The number of nitro benzene ring substituents is 1. The first kappa shape index (κ1) is 13.4. The zero-order valence-electron chi connectivity index (χ0n) is 10.7. The van der Waals surface area contributed by atoms with Crippen molar-refractivity contribution >= 4 is 22.9 Å². The van der Waals surface area contributed by atoms with Crippen molar-refractivity contribution in [2.45, 2.75) is 6.92 Å². The van der Waals surface area contributed by atoms with E-state index < -0.39 is 10.7 Å². The predicted octanol–water partition coefficient (Wildman–Crippen LogP) is 3.41. The molecule has 0 spiro atoms. The molecule has 2 heterocycles. The van der Waals surface area contributed by atoms with Crippen molar-refractivity contribution in [2.75, 3.05) is 0 Å². The van der Waals surface area contributed by atoms with E-state index in [4.69, 9.17) is 11.6 Å². The number of halogens is 2. The quantitative estimate of drug-likeness (QED) is 0.413. The van der Waals surface area contributed by atoms with Crippen molar-refractivity contribution in [3.63, 3.8) is 0 Å². The Morgan fingerprint density at radius 2 is 2.14 bits per heavy atom. The second kappa shape index (κ2) is 4.78. The molecule has 0 aliphatic rings. The molecule has 8 heteroatoms. The van der Waals surface area contributed by atoms with E-state index in [1.54, 1.807) is 18.2 Å². The number of benzene rings is 1. The van der Waals surface area contributed by atoms with Gasteiger partial charge in [-0.1, -0.05) is 17.7 Å². The van der Waals surface area contributed by atoms with Crippen molar-refractivity contribution in [3.8, 4) is 11.4 Å². The molecule has 3 aromatic rings. The van der Waals surface area contributed by atoms with Gasteiger partial charge in [-0.3, -0.25) is 10.1 Å². The number of fused-ring (bicyclic) bond motifs is 1. The first-order valence-electron chi connectivity index (χ1n) is 5.93. The number of aromatic nitrogens is 3. The van der Waals surface area contributed by atoms with Gasteiger partial charge in [-0.25, -0.2) is 13.9 Å².